The third-order valence-corrected chi connectivity index (χ3v) is 5.43. The Hall–Kier alpha value is -1.77. The smallest absolute Gasteiger partial charge is 0.341 e. The van der Waals surface area contributed by atoms with Gasteiger partial charge in [0.25, 0.3) is 0 Å². The number of ether oxygens (including phenoxy) is 2. The van der Waals surface area contributed by atoms with Gasteiger partial charge in [-0.1, -0.05) is 82.6 Å². The summed E-state index contributed by atoms with van der Waals surface area (Å²) in [6.07, 6.45) is 22.4. The van der Waals surface area contributed by atoms with Crippen LogP contribution in [0.25, 0.3) is 0 Å². The molecular weight excluding hydrogens is 360 g/mol. The number of hydrogen-bond donors (Lipinski definition) is 0. The van der Waals surface area contributed by atoms with Crippen molar-refractivity contribution in [2.75, 3.05) is 14.2 Å². The Morgan fingerprint density at radius 3 is 2.00 bits per heavy atom. The van der Waals surface area contributed by atoms with Gasteiger partial charge < -0.3 is 9.47 Å². The van der Waals surface area contributed by atoms with Crippen molar-refractivity contribution in [3.63, 3.8) is 0 Å². The topological polar surface area (TPSA) is 35.5 Å². The lowest BCUT2D eigenvalue weighted by atomic mass is 9.99. The fourth-order valence-electron chi connectivity index (χ4n) is 3.67. The third-order valence-electron chi connectivity index (χ3n) is 5.43. The van der Waals surface area contributed by atoms with Crippen molar-refractivity contribution in [2.45, 2.75) is 96.8 Å². The van der Waals surface area contributed by atoms with Gasteiger partial charge in [0.15, 0.2) is 0 Å². The van der Waals surface area contributed by atoms with Gasteiger partial charge in [-0.15, -0.1) is 0 Å². The van der Waals surface area contributed by atoms with E-state index >= 15 is 0 Å². The largest absolute Gasteiger partial charge is 0.496 e. The Balaban J connectivity index is 2.10. The standard InChI is InChI=1S/C26H42O3/c1-4-5-6-7-8-9-10-11-12-13-14-15-16-17-18-20-23-21-19-22-24(28-2)25(23)26(27)29-3/h11-12,19,21-22H,4-10,13-18,20H2,1-3H3/b12-11-. The highest BCUT2D eigenvalue weighted by atomic mass is 16.5. The number of esters is 1. The van der Waals surface area contributed by atoms with Crippen molar-refractivity contribution in [3.8, 4) is 5.75 Å². The second-order valence-corrected chi connectivity index (χ2v) is 7.82. The van der Waals surface area contributed by atoms with Crippen molar-refractivity contribution >= 4 is 5.97 Å². The highest BCUT2D eigenvalue weighted by Crippen LogP contribution is 2.25. The lowest BCUT2D eigenvalue weighted by Crippen LogP contribution is -2.08. The molecule has 0 N–H and O–H groups in total. The highest BCUT2D eigenvalue weighted by molar-refractivity contribution is 5.94. The molecule has 29 heavy (non-hydrogen) atoms. The molecule has 0 saturated carbocycles. The van der Waals surface area contributed by atoms with E-state index in [9.17, 15) is 4.79 Å². The Kier molecular flexibility index (Phi) is 14.9. The number of aryl methyl sites for hydroxylation is 1. The van der Waals surface area contributed by atoms with Gasteiger partial charge in [0.05, 0.1) is 14.2 Å². The summed E-state index contributed by atoms with van der Waals surface area (Å²) in [5.74, 6) is 0.285. The molecule has 164 valence electrons. The fourth-order valence-corrected chi connectivity index (χ4v) is 3.67. The minimum atomic E-state index is -0.315. The van der Waals surface area contributed by atoms with Crippen LogP contribution in [0.15, 0.2) is 30.4 Å². The third kappa shape index (κ3) is 11.1. The van der Waals surface area contributed by atoms with Crippen molar-refractivity contribution in [2.24, 2.45) is 0 Å². The van der Waals surface area contributed by atoms with E-state index in [1.165, 1.54) is 84.2 Å². The van der Waals surface area contributed by atoms with E-state index in [1.54, 1.807) is 7.11 Å². The van der Waals surface area contributed by atoms with E-state index in [4.69, 9.17) is 9.47 Å². The van der Waals surface area contributed by atoms with Crippen molar-refractivity contribution in [1.29, 1.82) is 0 Å². The first-order valence-electron chi connectivity index (χ1n) is 11.6. The molecular formula is C26H42O3. The average molecular weight is 403 g/mol. The molecule has 0 heterocycles. The van der Waals surface area contributed by atoms with Crippen molar-refractivity contribution < 1.29 is 14.3 Å². The molecule has 1 rings (SSSR count). The second-order valence-electron chi connectivity index (χ2n) is 7.82. The van der Waals surface area contributed by atoms with Crippen LogP contribution in [0.2, 0.25) is 0 Å². The molecule has 0 fully saturated rings. The quantitative estimate of drug-likeness (QED) is 0.152. The molecule has 1 aromatic rings. The van der Waals surface area contributed by atoms with E-state index in [2.05, 4.69) is 19.1 Å². The maximum atomic E-state index is 12.1. The zero-order valence-electron chi connectivity index (χ0n) is 19.0. The van der Waals surface area contributed by atoms with E-state index in [1.807, 2.05) is 18.2 Å². The summed E-state index contributed by atoms with van der Waals surface area (Å²) in [5, 5.41) is 0. The normalized spacial score (nSPS) is 11.1. The number of carbonyl (C=O) groups excluding carboxylic acids is 1. The van der Waals surface area contributed by atoms with Gasteiger partial charge in [0.2, 0.25) is 0 Å². The molecule has 0 unspecified atom stereocenters. The van der Waals surface area contributed by atoms with Crippen LogP contribution in [-0.2, 0) is 11.2 Å². The summed E-state index contributed by atoms with van der Waals surface area (Å²) in [4.78, 5) is 12.1. The zero-order chi connectivity index (χ0) is 21.2. The van der Waals surface area contributed by atoms with Crippen LogP contribution in [0.3, 0.4) is 0 Å². The Morgan fingerprint density at radius 2 is 1.41 bits per heavy atom. The number of rotatable bonds is 17. The van der Waals surface area contributed by atoms with Crippen LogP contribution >= 0.6 is 0 Å². The molecule has 1 aromatic carbocycles. The van der Waals surface area contributed by atoms with Gasteiger partial charge in [-0.3, -0.25) is 0 Å². The molecule has 3 nitrogen and oxygen atoms in total. The number of carbonyl (C=O) groups is 1. The highest BCUT2D eigenvalue weighted by Gasteiger charge is 2.17. The van der Waals surface area contributed by atoms with E-state index in [-0.39, 0.29) is 5.97 Å². The first-order chi connectivity index (χ1) is 14.2. The Morgan fingerprint density at radius 1 is 0.828 bits per heavy atom. The predicted molar refractivity (Wildman–Crippen MR) is 123 cm³/mol. The lowest BCUT2D eigenvalue weighted by Gasteiger charge is -2.12. The average Bonchev–Trinajstić information content (AvgIpc) is 2.75. The van der Waals surface area contributed by atoms with Crippen LogP contribution in [0, 0.1) is 0 Å². The first-order valence-corrected chi connectivity index (χ1v) is 11.6. The maximum Gasteiger partial charge on any atom is 0.341 e. The summed E-state index contributed by atoms with van der Waals surface area (Å²) >= 11 is 0. The fraction of sp³-hybridized carbons (Fsp3) is 0.654. The molecule has 3 heteroatoms. The molecule has 0 amide bonds. The molecule has 0 radical (unpaired) electrons. The molecule has 0 aromatic heterocycles. The van der Waals surface area contributed by atoms with Gasteiger partial charge in [-0.2, -0.15) is 0 Å². The minimum absolute atomic E-state index is 0.315. The summed E-state index contributed by atoms with van der Waals surface area (Å²) < 4.78 is 10.3. The van der Waals surface area contributed by atoms with Crippen LogP contribution in [0.1, 0.15) is 106 Å². The van der Waals surface area contributed by atoms with Crippen LogP contribution < -0.4 is 4.74 Å². The van der Waals surface area contributed by atoms with E-state index in [0.29, 0.717) is 11.3 Å². The lowest BCUT2D eigenvalue weighted by molar-refractivity contribution is 0.0595. The Bertz CT molecular complexity index is 577. The first kappa shape index (κ1) is 25.3. The SMILES string of the molecule is CCCCCCCC/C=C\CCCCCCCc1cccc(OC)c1C(=O)OC. The number of benzene rings is 1. The number of hydrogen-bond acceptors (Lipinski definition) is 3. The number of allylic oxidation sites excluding steroid dienone is 2. The van der Waals surface area contributed by atoms with Crippen LogP contribution in [0.4, 0.5) is 0 Å². The predicted octanol–water partition coefficient (Wildman–Crippen LogP) is 7.67. The summed E-state index contributed by atoms with van der Waals surface area (Å²) in [6, 6.07) is 5.76. The maximum absolute atomic E-state index is 12.1. The molecule has 0 saturated heterocycles. The van der Waals surface area contributed by atoms with Gasteiger partial charge in [0, 0.05) is 0 Å². The van der Waals surface area contributed by atoms with Crippen LogP contribution in [0.5, 0.6) is 5.75 Å². The summed E-state index contributed by atoms with van der Waals surface area (Å²) in [5.41, 5.74) is 1.60. The van der Waals surface area contributed by atoms with Gasteiger partial charge in [-0.25, -0.2) is 4.79 Å². The molecule has 0 aliphatic heterocycles. The Labute approximate surface area is 178 Å². The second kappa shape index (κ2) is 17.1. The summed E-state index contributed by atoms with van der Waals surface area (Å²) in [6.45, 7) is 2.27. The molecule has 0 spiro atoms. The number of unbranched alkanes of at least 4 members (excludes halogenated alkanes) is 11. The van der Waals surface area contributed by atoms with Crippen molar-refractivity contribution in [1.82, 2.24) is 0 Å². The van der Waals surface area contributed by atoms with E-state index < -0.39 is 0 Å². The monoisotopic (exact) mass is 402 g/mol. The van der Waals surface area contributed by atoms with Crippen LogP contribution in [-0.4, -0.2) is 20.2 Å². The van der Waals surface area contributed by atoms with Gasteiger partial charge >= 0.3 is 5.97 Å². The van der Waals surface area contributed by atoms with Crippen molar-refractivity contribution in [3.05, 3.63) is 41.5 Å². The molecule has 0 aliphatic rings. The molecule has 0 atom stereocenters. The minimum Gasteiger partial charge on any atom is -0.496 e. The zero-order valence-corrected chi connectivity index (χ0v) is 19.0. The van der Waals surface area contributed by atoms with Gasteiger partial charge in [-0.05, 0) is 50.2 Å². The molecule has 0 bridgehead atoms. The molecule has 0 aliphatic carbocycles. The summed E-state index contributed by atoms with van der Waals surface area (Å²) in [7, 11) is 3.01. The number of methoxy groups -OCH3 is 2. The van der Waals surface area contributed by atoms with E-state index in [0.717, 1.165) is 18.4 Å². The van der Waals surface area contributed by atoms with Gasteiger partial charge in [0.1, 0.15) is 11.3 Å².